The summed E-state index contributed by atoms with van der Waals surface area (Å²) in [5.74, 6) is 0. The number of unbranched alkanes of at least 4 members (excludes halogenated alkanes) is 4. The molecule has 17 heavy (non-hydrogen) atoms. The monoisotopic (exact) mass is 240 g/mol. The number of nitrogens with zero attached hydrogens (tertiary/aromatic N) is 2. The van der Waals surface area contributed by atoms with Gasteiger partial charge in [-0.15, -0.1) is 0 Å². The second-order valence-corrected chi connectivity index (χ2v) is 5.67. The average molecular weight is 240 g/mol. The van der Waals surface area contributed by atoms with E-state index in [1.54, 1.807) is 0 Å². The molecular formula is C14H28N2O. The molecule has 3 fully saturated rings. The van der Waals surface area contributed by atoms with Crippen molar-refractivity contribution in [3.8, 4) is 0 Å². The molecule has 3 nitrogen and oxygen atoms in total. The van der Waals surface area contributed by atoms with E-state index in [9.17, 15) is 5.11 Å². The summed E-state index contributed by atoms with van der Waals surface area (Å²) in [7, 11) is 0. The highest BCUT2D eigenvalue weighted by Gasteiger charge is 2.35. The minimum atomic E-state index is -0.0975. The van der Waals surface area contributed by atoms with Crippen molar-refractivity contribution in [1.82, 2.24) is 9.80 Å². The lowest BCUT2D eigenvalue weighted by molar-refractivity contribution is -0.0486. The average Bonchev–Trinajstić information content (AvgIpc) is 2.39. The largest absolute Gasteiger partial charge is 0.391 e. The highest BCUT2D eigenvalue weighted by Crippen LogP contribution is 2.21. The van der Waals surface area contributed by atoms with Gasteiger partial charge in [-0.2, -0.15) is 0 Å². The van der Waals surface area contributed by atoms with Crippen molar-refractivity contribution in [2.45, 2.75) is 57.6 Å². The van der Waals surface area contributed by atoms with E-state index in [1.165, 1.54) is 45.2 Å². The van der Waals surface area contributed by atoms with Crippen LogP contribution in [0.5, 0.6) is 0 Å². The SMILES string of the molecule is CCCCCCCC(O)C1CN2CCN1CC2. The number of fused-ring (bicyclic) bond motifs is 3. The zero-order valence-electron chi connectivity index (χ0n) is 11.3. The summed E-state index contributed by atoms with van der Waals surface area (Å²) in [4.78, 5) is 5.00. The third-order valence-electron chi connectivity index (χ3n) is 4.37. The Morgan fingerprint density at radius 1 is 1.06 bits per heavy atom. The molecule has 2 bridgehead atoms. The van der Waals surface area contributed by atoms with Crippen LogP contribution in [-0.4, -0.2) is 59.8 Å². The number of piperazine rings is 3. The maximum atomic E-state index is 10.3. The van der Waals surface area contributed by atoms with Gasteiger partial charge in [0.05, 0.1) is 6.10 Å². The lowest BCUT2D eigenvalue weighted by atomic mass is 9.97. The fourth-order valence-electron chi connectivity index (χ4n) is 3.17. The molecule has 0 amide bonds. The van der Waals surface area contributed by atoms with Crippen LogP contribution >= 0.6 is 0 Å². The first-order valence-electron chi connectivity index (χ1n) is 7.45. The van der Waals surface area contributed by atoms with Gasteiger partial charge in [0.15, 0.2) is 0 Å². The quantitative estimate of drug-likeness (QED) is 0.686. The Kier molecular flexibility index (Phi) is 5.26. The second-order valence-electron chi connectivity index (χ2n) is 5.67. The maximum absolute atomic E-state index is 10.3. The molecule has 2 unspecified atom stereocenters. The predicted octanol–water partition coefficient (Wildman–Crippen LogP) is 1.71. The van der Waals surface area contributed by atoms with E-state index >= 15 is 0 Å². The van der Waals surface area contributed by atoms with Crippen LogP contribution < -0.4 is 0 Å². The minimum absolute atomic E-state index is 0.0975. The molecule has 3 aliphatic rings. The number of hydrogen-bond acceptors (Lipinski definition) is 3. The molecule has 100 valence electrons. The van der Waals surface area contributed by atoms with Gasteiger partial charge >= 0.3 is 0 Å². The molecule has 0 aliphatic carbocycles. The summed E-state index contributed by atoms with van der Waals surface area (Å²) in [6.07, 6.45) is 7.38. The van der Waals surface area contributed by atoms with Gasteiger partial charge in [0.25, 0.3) is 0 Å². The standard InChI is InChI=1S/C14H28N2O/c1-2-3-4-5-6-7-14(17)13-12-15-8-10-16(13)11-9-15/h13-14,17H,2-12H2,1H3. The summed E-state index contributed by atoms with van der Waals surface area (Å²) >= 11 is 0. The summed E-state index contributed by atoms with van der Waals surface area (Å²) in [5.41, 5.74) is 0. The summed E-state index contributed by atoms with van der Waals surface area (Å²) < 4.78 is 0. The Morgan fingerprint density at radius 3 is 2.35 bits per heavy atom. The molecule has 0 aromatic rings. The summed E-state index contributed by atoms with van der Waals surface area (Å²) in [6.45, 7) is 8.08. The van der Waals surface area contributed by atoms with Crippen LogP contribution in [0.4, 0.5) is 0 Å². The highest BCUT2D eigenvalue weighted by molar-refractivity contribution is 4.91. The van der Waals surface area contributed by atoms with Gasteiger partial charge in [0.1, 0.15) is 0 Å². The lowest BCUT2D eigenvalue weighted by Crippen LogP contribution is -2.64. The van der Waals surface area contributed by atoms with Crippen LogP contribution in [0.25, 0.3) is 0 Å². The first-order chi connectivity index (χ1) is 8.31. The molecular weight excluding hydrogens is 212 g/mol. The van der Waals surface area contributed by atoms with Gasteiger partial charge in [0.2, 0.25) is 0 Å². The molecule has 2 atom stereocenters. The fraction of sp³-hybridized carbons (Fsp3) is 1.00. The molecule has 1 N–H and O–H groups in total. The van der Waals surface area contributed by atoms with Crippen molar-refractivity contribution in [2.75, 3.05) is 32.7 Å². The van der Waals surface area contributed by atoms with E-state index < -0.39 is 0 Å². The highest BCUT2D eigenvalue weighted by atomic mass is 16.3. The third-order valence-corrected chi connectivity index (χ3v) is 4.37. The molecule has 0 saturated carbocycles. The van der Waals surface area contributed by atoms with Crippen LogP contribution in [0.1, 0.15) is 45.4 Å². The van der Waals surface area contributed by atoms with Crippen molar-refractivity contribution in [3.05, 3.63) is 0 Å². The molecule has 0 spiro atoms. The molecule has 3 heteroatoms. The summed E-state index contributed by atoms with van der Waals surface area (Å²) in [5, 5.41) is 10.3. The lowest BCUT2D eigenvalue weighted by Gasteiger charge is -2.49. The molecule has 3 heterocycles. The normalized spacial score (nSPS) is 33.9. The van der Waals surface area contributed by atoms with Gasteiger partial charge in [0, 0.05) is 38.8 Å². The van der Waals surface area contributed by atoms with E-state index in [1.807, 2.05) is 0 Å². The smallest absolute Gasteiger partial charge is 0.0707 e. The van der Waals surface area contributed by atoms with Crippen LogP contribution in [0.2, 0.25) is 0 Å². The Morgan fingerprint density at radius 2 is 1.76 bits per heavy atom. The van der Waals surface area contributed by atoms with Gasteiger partial charge in [-0.1, -0.05) is 39.0 Å². The molecule has 0 aromatic heterocycles. The Hall–Kier alpha value is -0.120. The topological polar surface area (TPSA) is 26.7 Å². The third kappa shape index (κ3) is 3.67. The van der Waals surface area contributed by atoms with Crippen molar-refractivity contribution in [1.29, 1.82) is 0 Å². The number of rotatable bonds is 7. The van der Waals surface area contributed by atoms with Crippen LogP contribution in [-0.2, 0) is 0 Å². The van der Waals surface area contributed by atoms with E-state index in [-0.39, 0.29) is 6.10 Å². The fourth-order valence-corrected chi connectivity index (χ4v) is 3.17. The van der Waals surface area contributed by atoms with Gasteiger partial charge in [-0.3, -0.25) is 9.80 Å². The minimum Gasteiger partial charge on any atom is -0.391 e. The van der Waals surface area contributed by atoms with Crippen LogP contribution in [0.15, 0.2) is 0 Å². The number of hydrogen-bond donors (Lipinski definition) is 1. The molecule has 3 rings (SSSR count). The van der Waals surface area contributed by atoms with Gasteiger partial charge in [-0.25, -0.2) is 0 Å². The van der Waals surface area contributed by atoms with E-state index in [0.717, 1.165) is 26.1 Å². The molecule has 0 radical (unpaired) electrons. The molecule has 3 saturated heterocycles. The Labute approximate surface area is 106 Å². The zero-order valence-corrected chi connectivity index (χ0v) is 11.3. The van der Waals surface area contributed by atoms with Crippen LogP contribution in [0, 0.1) is 0 Å². The van der Waals surface area contributed by atoms with Crippen LogP contribution in [0.3, 0.4) is 0 Å². The predicted molar refractivity (Wildman–Crippen MR) is 71.2 cm³/mol. The Balaban J connectivity index is 1.64. The number of aliphatic hydroxyl groups excluding tert-OH is 1. The van der Waals surface area contributed by atoms with Gasteiger partial charge in [-0.05, 0) is 6.42 Å². The van der Waals surface area contributed by atoms with E-state index in [4.69, 9.17) is 0 Å². The number of aliphatic hydroxyl groups is 1. The van der Waals surface area contributed by atoms with Gasteiger partial charge < -0.3 is 5.11 Å². The van der Waals surface area contributed by atoms with Crippen molar-refractivity contribution in [3.63, 3.8) is 0 Å². The molecule has 0 aromatic carbocycles. The first kappa shape index (κ1) is 13.3. The summed E-state index contributed by atoms with van der Waals surface area (Å²) in [6, 6.07) is 0.420. The Bertz CT molecular complexity index is 214. The maximum Gasteiger partial charge on any atom is 0.0707 e. The first-order valence-corrected chi connectivity index (χ1v) is 7.45. The second kappa shape index (κ2) is 6.72. The van der Waals surface area contributed by atoms with E-state index in [0.29, 0.717) is 6.04 Å². The van der Waals surface area contributed by atoms with E-state index in [2.05, 4.69) is 16.7 Å². The van der Waals surface area contributed by atoms with Crippen molar-refractivity contribution >= 4 is 0 Å². The van der Waals surface area contributed by atoms with Crippen molar-refractivity contribution < 1.29 is 5.11 Å². The van der Waals surface area contributed by atoms with Crippen molar-refractivity contribution in [2.24, 2.45) is 0 Å². The zero-order chi connectivity index (χ0) is 12.1. The molecule has 3 aliphatic heterocycles.